The van der Waals surface area contributed by atoms with E-state index in [1.165, 1.54) is 0 Å². The third-order valence-corrected chi connectivity index (χ3v) is 1.33. The van der Waals surface area contributed by atoms with Gasteiger partial charge in [-0.05, 0) is 6.92 Å². The maximum absolute atomic E-state index is 4.73. The van der Waals surface area contributed by atoms with Crippen LogP contribution in [0, 0.1) is 0 Å². The summed E-state index contributed by atoms with van der Waals surface area (Å²) in [5.74, 6) is 1.06. The zero-order chi connectivity index (χ0) is 5.70. The van der Waals surface area contributed by atoms with Crippen molar-refractivity contribution in [2.75, 3.05) is 5.75 Å². The molecule has 0 radical (unpaired) electrons. The third-order valence-electron chi connectivity index (χ3n) is 0.360. The van der Waals surface area contributed by atoms with E-state index < -0.39 is 0 Å². The molecule has 0 saturated heterocycles. The van der Waals surface area contributed by atoms with Crippen molar-refractivity contribution in [1.29, 1.82) is 0 Å². The largest absolute Gasteiger partial charge is 0.324 e. The highest BCUT2D eigenvalue weighted by atomic mass is 32.2. The first-order chi connectivity index (χ1) is 3.27. The molecule has 0 spiro atoms. The Morgan fingerprint density at radius 1 is 1.86 bits per heavy atom. The summed E-state index contributed by atoms with van der Waals surface area (Å²) in [5, 5.41) is 0. The Bertz CT molecular complexity index is 62.7. The summed E-state index contributed by atoms with van der Waals surface area (Å²) in [6.07, 6.45) is 0. The van der Waals surface area contributed by atoms with Crippen molar-refractivity contribution in [3.05, 3.63) is 0 Å². The molecule has 0 bridgehead atoms. The molecule has 0 aliphatic heterocycles. The zero-order valence-corrected chi connectivity index (χ0v) is 6.16. The molecule has 0 amide bonds. The minimum absolute atomic E-state index is 0.854. The van der Waals surface area contributed by atoms with Crippen LogP contribution in [0.5, 0.6) is 0 Å². The number of thiocarbonyl (C=S) groups is 1. The van der Waals surface area contributed by atoms with Gasteiger partial charge in [-0.3, -0.25) is 0 Å². The van der Waals surface area contributed by atoms with Gasteiger partial charge in [0.1, 0.15) is 0 Å². The summed E-state index contributed by atoms with van der Waals surface area (Å²) >= 11 is 6.35. The molecule has 42 valence electrons. The Balaban J connectivity index is 2.82. The van der Waals surface area contributed by atoms with Crippen molar-refractivity contribution in [2.45, 2.75) is 13.8 Å². The van der Waals surface area contributed by atoms with Crippen LogP contribution in [0.1, 0.15) is 13.8 Å². The Kier molecular flexibility index (Phi) is 4.55. The molecule has 0 aromatic carbocycles. The fraction of sp³-hybridized carbons (Fsp3) is 0.750. The Morgan fingerprint density at radius 2 is 2.43 bits per heavy atom. The van der Waals surface area contributed by atoms with Crippen LogP contribution in [0.2, 0.25) is 0 Å². The van der Waals surface area contributed by atoms with Crippen LogP contribution in [0.15, 0.2) is 0 Å². The first kappa shape index (κ1) is 7.24. The van der Waals surface area contributed by atoms with E-state index in [1.54, 1.807) is 11.9 Å². The van der Waals surface area contributed by atoms with E-state index >= 15 is 0 Å². The summed E-state index contributed by atoms with van der Waals surface area (Å²) in [4.78, 5) is 0.854. The smallest absolute Gasteiger partial charge is 0.0820 e. The van der Waals surface area contributed by atoms with Gasteiger partial charge in [0.2, 0.25) is 0 Å². The Labute approximate surface area is 54.0 Å². The van der Waals surface area contributed by atoms with E-state index in [4.69, 9.17) is 12.2 Å². The number of hydrogen-bond acceptors (Lipinski definition) is 2. The van der Waals surface area contributed by atoms with Crippen molar-refractivity contribution in [3.8, 4) is 0 Å². The van der Waals surface area contributed by atoms with Gasteiger partial charge in [0.15, 0.2) is 0 Å². The topological polar surface area (TPSA) is 12.0 Å². The minimum Gasteiger partial charge on any atom is -0.324 e. The zero-order valence-electron chi connectivity index (χ0n) is 4.52. The van der Waals surface area contributed by atoms with Crippen LogP contribution in [-0.2, 0) is 0 Å². The molecule has 0 aliphatic carbocycles. The van der Waals surface area contributed by atoms with Gasteiger partial charge in [0.25, 0.3) is 0 Å². The highest BCUT2D eigenvalue weighted by Crippen LogP contribution is 1.89. The number of hydrogen-bond donors (Lipinski definition) is 1. The number of rotatable bonds is 2. The van der Waals surface area contributed by atoms with Crippen LogP contribution in [0.25, 0.3) is 0 Å². The molecule has 0 fully saturated rings. The van der Waals surface area contributed by atoms with Gasteiger partial charge in [-0.1, -0.05) is 31.1 Å². The lowest BCUT2D eigenvalue weighted by Crippen LogP contribution is -2.07. The fourth-order valence-electron chi connectivity index (χ4n) is 0.174. The molecular weight excluding hydrogens is 126 g/mol. The molecule has 7 heavy (non-hydrogen) atoms. The molecule has 1 nitrogen and oxygen atoms in total. The van der Waals surface area contributed by atoms with Crippen molar-refractivity contribution < 1.29 is 0 Å². The molecule has 0 atom stereocenters. The summed E-state index contributed by atoms with van der Waals surface area (Å²) in [6.45, 7) is 3.95. The predicted octanol–water partition coefficient (Wildman–Crippen LogP) is 1.59. The molecule has 0 rings (SSSR count). The highest BCUT2D eigenvalue weighted by molar-refractivity contribution is 7.98. The SMILES string of the molecule is CCSNC(C)=S. The molecule has 3 heteroatoms. The van der Waals surface area contributed by atoms with Crippen molar-refractivity contribution in [2.24, 2.45) is 0 Å². The van der Waals surface area contributed by atoms with Crippen molar-refractivity contribution in [1.82, 2.24) is 4.72 Å². The lowest BCUT2D eigenvalue weighted by molar-refractivity contribution is 1.46. The molecule has 0 unspecified atom stereocenters. The van der Waals surface area contributed by atoms with Gasteiger partial charge in [0.05, 0.1) is 4.99 Å². The van der Waals surface area contributed by atoms with E-state index in [9.17, 15) is 0 Å². The van der Waals surface area contributed by atoms with Crippen LogP contribution in [0.4, 0.5) is 0 Å². The van der Waals surface area contributed by atoms with Crippen LogP contribution in [0.3, 0.4) is 0 Å². The second kappa shape index (κ2) is 4.40. The predicted molar refractivity (Wildman–Crippen MR) is 39.5 cm³/mol. The standard InChI is InChI=1S/C4H9NS2/c1-3-7-5-4(2)6/h3H2,1-2H3,(H,5,6). The van der Waals surface area contributed by atoms with Gasteiger partial charge in [0, 0.05) is 5.75 Å². The van der Waals surface area contributed by atoms with Crippen LogP contribution >= 0.6 is 24.2 Å². The molecule has 0 heterocycles. The van der Waals surface area contributed by atoms with E-state index in [0.717, 1.165) is 10.7 Å². The van der Waals surface area contributed by atoms with E-state index in [1.807, 2.05) is 6.92 Å². The third kappa shape index (κ3) is 6.24. The first-order valence-corrected chi connectivity index (χ1v) is 3.55. The van der Waals surface area contributed by atoms with Crippen molar-refractivity contribution >= 4 is 29.2 Å². The minimum atomic E-state index is 0.854. The van der Waals surface area contributed by atoms with Gasteiger partial charge in [-0.15, -0.1) is 0 Å². The Morgan fingerprint density at radius 3 is 2.57 bits per heavy atom. The van der Waals surface area contributed by atoms with E-state index in [-0.39, 0.29) is 0 Å². The Hall–Kier alpha value is 0.240. The quantitative estimate of drug-likeness (QED) is 0.456. The number of nitrogens with one attached hydrogen (secondary N) is 1. The van der Waals surface area contributed by atoms with Crippen LogP contribution in [-0.4, -0.2) is 10.7 Å². The normalized spacial score (nSPS) is 8.29. The molecular formula is C4H9NS2. The highest BCUT2D eigenvalue weighted by Gasteiger charge is 1.79. The maximum Gasteiger partial charge on any atom is 0.0820 e. The van der Waals surface area contributed by atoms with Gasteiger partial charge in [-0.2, -0.15) is 0 Å². The lowest BCUT2D eigenvalue weighted by atomic mass is 10.8. The molecule has 0 aliphatic rings. The summed E-state index contributed by atoms with van der Waals surface area (Å²) in [7, 11) is 0. The fourth-order valence-corrected chi connectivity index (χ4v) is 0.698. The second-order valence-corrected chi connectivity index (χ2v) is 2.77. The lowest BCUT2D eigenvalue weighted by Gasteiger charge is -1.95. The molecule has 0 saturated carbocycles. The molecule has 1 N–H and O–H groups in total. The molecule has 0 aromatic rings. The summed E-state index contributed by atoms with van der Waals surface area (Å²) in [6, 6.07) is 0. The van der Waals surface area contributed by atoms with Gasteiger partial charge >= 0.3 is 0 Å². The van der Waals surface area contributed by atoms with Crippen molar-refractivity contribution in [3.63, 3.8) is 0 Å². The average molecular weight is 135 g/mol. The van der Waals surface area contributed by atoms with Gasteiger partial charge < -0.3 is 4.72 Å². The monoisotopic (exact) mass is 135 g/mol. The first-order valence-electron chi connectivity index (χ1n) is 2.15. The summed E-state index contributed by atoms with van der Waals surface area (Å²) in [5.41, 5.74) is 0. The maximum atomic E-state index is 4.73. The van der Waals surface area contributed by atoms with Crippen LogP contribution < -0.4 is 4.72 Å². The second-order valence-electron chi connectivity index (χ2n) is 1.09. The van der Waals surface area contributed by atoms with E-state index in [2.05, 4.69) is 11.6 Å². The molecule has 0 aromatic heterocycles. The summed E-state index contributed by atoms with van der Waals surface area (Å²) < 4.78 is 2.94. The van der Waals surface area contributed by atoms with Gasteiger partial charge in [-0.25, -0.2) is 0 Å². The van der Waals surface area contributed by atoms with E-state index in [0.29, 0.717) is 0 Å². The average Bonchev–Trinajstić information content (AvgIpc) is 1.61.